The van der Waals surface area contributed by atoms with E-state index in [0.29, 0.717) is 0 Å². The molecule has 8 heteroatoms. The number of rotatable bonds is 1. The average molecular weight is 285 g/mol. The minimum Gasteiger partial charge on any atom is -0.472 e. The van der Waals surface area contributed by atoms with E-state index < -0.39 is 24.2 Å². The second kappa shape index (κ2) is 4.77. The third-order valence-electron chi connectivity index (χ3n) is 2.44. The van der Waals surface area contributed by atoms with Gasteiger partial charge in [-0.3, -0.25) is 0 Å². The predicted octanol–water partition coefficient (Wildman–Crippen LogP) is 2.92. The summed E-state index contributed by atoms with van der Waals surface area (Å²) in [4.78, 5) is 10.4. The molecule has 104 valence electrons. The molecule has 0 saturated carbocycles. The zero-order valence-corrected chi connectivity index (χ0v) is 9.64. The summed E-state index contributed by atoms with van der Waals surface area (Å²) in [6.07, 6.45) is -8.31. The molecule has 0 radical (unpaired) electrons. The van der Waals surface area contributed by atoms with Crippen LogP contribution in [0.3, 0.4) is 0 Å². The Labute approximate surface area is 110 Å². The molecule has 1 atom stereocenters. The lowest BCUT2D eigenvalue weighted by molar-refractivity contribution is -0.191. The number of alkyl halides is 3. The molecule has 0 amide bonds. The molecule has 0 saturated heterocycles. The molecule has 0 aromatic heterocycles. The summed E-state index contributed by atoms with van der Waals surface area (Å²) in [6, 6.07) is 5.58. The van der Waals surface area contributed by atoms with Crippen molar-refractivity contribution in [3.63, 3.8) is 0 Å². The molecular formula is C12H6F3NO4. The van der Waals surface area contributed by atoms with Gasteiger partial charge in [0.15, 0.2) is 5.76 Å². The van der Waals surface area contributed by atoms with Gasteiger partial charge in [-0.25, -0.2) is 4.79 Å². The summed E-state index contributed by atoms with van der Waals surface area (Å²) in [5.74, 6) is -1.00. The Hall–Kier alpha value is -2.69. The van der Waals surface area contributed by atoms with Crippen LogP contribution >= 0.6 is 0 Å². The van der Waals surface area contributed by atoms with Gasteiger partial charge in [-0.15, -0.1) is 0 Å². The van der Waals surface area contributed by atoms with Crippen molar-refractivity contribution in [2.24, 2.45) is 0 Å². The van der Waals surface area contributed by atoms with Crippen LogP contribution in [0.5, 0.6) is 5.75 Å². The largest absolute Gasteiger partial charge is 0.511 e. The molecule has 0 bridgehead atoms. The fourth-order valence-electron chi connectivity index (χ4n) is 1.66. The van der Waals surface area contributed by atoms with Crippen LogP contribution < -0.4 is 4.74 Å². The van der Waals surface area contributed by atoms with Gasteiger partial charge in [0, 0.05) is 5.56 Å². The maximum Gasteiger partial charge on any atom is 0.511 e. The zero-order valence-electron chi connectivity index (χ0n) is 9.64. The van der Waals surface area contributed by atoms with Crippen molar-refractivity contribution < 1.29 is 32.5 Å². The molecule has 1 aromatic carbocycles. The van der Waals surface area contributed by atoms with Gasteiger partial charge in [0.25, 0.3) is 6.10 Å². The van der Waals surface area contributed by atoms with E-state index in [1.165, 1.54) is 18.2 Å². The van der Waals surface area contributed by atoms with Crippen molar-refractivity contribution in [3.8, 4) is 11.8 Å². The van der Waals surface area contributed by atoms with Crippen LogP contribution in [0.1, 0.15) is 11.1 Å². The van der Waals surface area contributed by atoms with E-state index in [1.807, 2.05) is 6.07 Å². The second-order valence-electron chi connectivity index (χ2n) is 3.82. The van der Waals surface area contributed by atoms with Crippen LogP contribution in [0.15, 0.2) is 24.0 Å². The number of halogens is 3. The Balaban J connectivity index is 2.48. The van der Waals surface area contributed by atoms with Crippen molar-refractivity contribution in [2.45, 2.75) is 12.3 Å². The molecule has 0 fully saturated rings. The van der Waals surface area contributed by atoms with Gasteiger partial charge in [-0.05, 0) is 24.3 Å². The van der Waals surface area contributed by atoms with Gasteiger partial charge in [0.05, 0.1) is 11.6 Å². The molecule has 5 nitrogen and oxygen atoms in total. The summed E-state index contributed by atoms with van der Waals surface area (Å²) in [7, 11) is 0. The van der Waals surface area contributed by atoms with Crippen LogP contribution in [0.2, 0.25) is 0 Å². The Morgan fingerprint density at radius 2 is 2.15 bits per heavy atom. The minimum atomic E-state index is -4.83. The number of nitrogens with zero attached hydrogens (tertiary/aromatic N) is 1. The van der Waals surface area contributed by atoms with Gasteiger partial charge in [0.2, 0.25) is 0 Å². The lowest BCUT2D eigenvalue weighted by Crippen LogP contribution is -2.39. The zero-order chi connectivity index (χ0) is 14.9. The minimum absolute atomic E-state index is 0.107. The summed E-state index contributed by atoms with van der Waals surface area (Å²) in [5.41, 5.74) is 0.338. The lowest BCUT2D eigenvalue weighted by atomic mass is 10.1. The number of nitriles is 1. The highest BCUT2D eigenvalue weighted by atomic mass is 19.4. The molecule has 1 aromatic rings. The topological polar surface area (TPSA) is 79.5 Å². The lowest BCUT2D eigenvalue weighted by Gasteiger charge is -2.27. The fourth-order valence-corrected chi connectivity index (χ4v) is 1.66. The molecule has 0 unspecified atom stereocenters. The van der Waals surface area contributed by atoms with E-state index in [0.717, 1.165) is 6.08 Å². The first-order valence-corrected chi connectivity index (χ1v) is 5.21. The van der Waals surface area contributed by atoms with E-state index in [4.69, 9.17) is 15.1 Å². The van der Waals surface area contributed by atoms with Crippen LogP contribution in [-0.2, 0) is 4.74 Å². The first kappa shape index (κ1) is 13.7. The van der Waals surface area contributed by atoms with Crippen LogP contribution in [0, 0.1) is 11.3 Å². The maximum atomic E-state index is 12.8. The standard InChI is InChI=1S/C12H6F3NO4/c13-12(14,15)10-9(20-11(17)18)4-7-3-6(5-16)1-2-8(7)19-10/h1-4,10H,(H,17,18)/t10-/m0/s1. The van der Waals surface area contributed by atoms with Gasteiger partial charge in [-0.2, -0.15) is 18.4 Å². The highest BCUT2D eigenvalue weighted by Crippen LogP contribution is 2.37. The van der Waals surface area contributed by atoms with E-state index >= 15 is 0 Å². The fraction of sp³-hybridized carbons (Fsp3) is 0.167. The molecule has 0 aliphatic carbocycles. The third-order valence-corrected chi connectivity index (χ3v) is 2.44. The summed E-state index contributed by atoms with van der Waals surface area (Å²) < 4.78 is 47.2. The SMILES string of the molecule is N#Cc1ccc2c(c1)C=C(OC(=O)O)[C@@H](C(F)(F)F)O2. The highest BCUT2D eigenvalue weighted by molar-refractivity contribution is 5.67. The molecule has 1 N–H and O–H groups in total. The Morgan fingerprint density at radius 3 is 2.70 bits per heavy atom. The van der Waals surface area contributed by atoms with Gasteiger partial charge < -0.3 is 14.6 Å². The number of ether oxygens (including phenoxy) is 2. The van der Waals surface area contributed by atoms with Gasteiger partial charge in [0.1, 0.15) is 5.75 Å². The number of carbonyl (C=O) groups is 1. The smallest absolute Gasteiger partial charge is 0.472 e. The predicted molar refractivity (Wildman–Crippen MR) is 58.7 cm³/mol. The monoisotopic (exact) mass is 285 g/mol. The molecule has 2 rings (SSSR count). The molecule has 1 heterocycles. The quantitative estimate of drug-likeness (QED) is 0.802. The summed E-state index contributed by atoms with van der Waals surface area (Å²) in [6.45, 7) is 0. The number of benzene rings is 1. The van der Waals surface area contributed by atoms with Crippen molar-refractivity contribution in [1.82, 2.24) is 0 Å². The van der Waals surface area contributed by atoms with E-state index in [2.05, 4.69) is 4.74 Å². The molecule has 0 spiro atoms. The van der Waals surface area contributed by atoms with Gasteiger partial charge in [-0.1, -0.05) is 0 Å². The number of hydrogen-bond acceptors (Lipinski definition) is 4. The highest BCUT2D eigenvalue weighted by Gasteiger charge is 2.48. The van der Waals surface area contributed by atoms with Crippen molar-refractivity contribution in [2.75, 3.05) is 0 Å². The summed E-state index contributed by atoms with van der Waals surface area (Å²) >= 11 is 0. The van der Waals surface area contributed by atoms with E-state index in [1.54, 1.807) is 0 Å². The number of hydrogen-bond donors (Lipinski definition) is 1. The van der Waals surface area contributed by atoms with E-state index in [-0.39, 0.29) is 16.9 Å². The number of fused-ring (bicyclic) bond motifs is 1. The van der Waals surface area contributed by atoms with E-state index in [9.17, 15) is 18.0 Å². The molecule has 20 heavy (non-hydrogen) atoms. The van der Waals surface area contributed by atoms with Crippen LogP contribution in [0.25, 0.3) is 6.08 Å². The Bertz CT molecular complexity index is 631. The Morgan fingerprint density at radius 1 is 1.45 bits per heavy atom. The maximum absolute atomic E-state index is 12.8. The second-order valence-corrected chi connectivity index (χ2v) is 3.82. The molecule has 1 aliphatic rings. The molecule has 1 aliphatic heterocycles. The number of carboxylic acid groups (broad SMARTS) is 1. The van der Waals surface area contributed by atoms with Crippen LogP contribution in [0.4, 0.5) is 18.0 Å². The van der Waals surface area contributed by atoms with Crippen LogP contribution in [-0.4, -0.2) is 23.5 Å². The average Bonchev–Trinajstić information content (AvgIpc) is 2.35. The Kier molecular flexibility index (Phi) is 3.28. The first-order valence-electron chi connectivity index (χ1n) is 5.21. The summed E-state index contributed by atoms with van der Waals surface area (Å²) in [5, 5.41) is 17.2. The van der Waals surface area contributed by atoms with Crippen molar-refractivity contribution >= 4 is 12.2 Å². The third kappa shape index (κ3) is 2.66. The first-order chi connectivity index (χ1) is 9.31. The van der Waals surface area contributed by atoms with Gasteiger partial charge >= 0.3 is 12.3 Å². The molecular weight excluding hydrogens is 279 g/mol. The van der Waals surface area contributed by atoms with Crippen molar-refractivity contribution in [3.05, 3.63) is 35.1 Å². The van der Waals surface area contributed by atoms with Crippen molar-refractivity contribution in [1.29, 1.82) is 5.26 Å². The normalized spacial score (nSPS) is 17.3.